The van der Waals surface area contributed by atoms with Crippen LogP contribution in [0.15, 0.2) is 5.18 Å². The third-order valence-corrected chi connectivity index (χ3v) is 4.05. The van der Waals surface area contributed by atoms with Crippen molar-refractivity contribution in [1.29, 1.82) is 0 Å². The van der Waals surface area contributed by atoms with E-state index in [0.29, 0.717) is 17.9 Å². The van der Waals surface area contributed by atoms with Gasteiger partial charge < -0.3 is 0 Å². The third-order valence-electron chi connectivity index (χ3n) is 4.05. The van der Waals surface area contributed by atoms with E-state index in [1.165, 1.54) is 51.4 Å². The van der Waals surface area contributed by atoms with Gasteiger partial charge >= 0.3 is 0 Å². The van der Waals surface area contributed by atoms with Gasteiger partial charge in [-0.15, -0.1) is 0 Å². The molecule has 1 spiro atoms. The summed E-state index contributed by atoms with van der Waals surface area (Å²) in [7, 11) is 0. The number of hydrogen-bond acceptors (Lipinski definition) is 2. The predicted octanol–water partition coefficient (Wildman–Crippen LogP) is 3.50. The van der Waals surface area contributed by atoms with E-state index in [1.54, 1.807) is 0 Å². The van der Waals surface area contributed by atoms with Gasteiger partial charge in [0.1, 0.15) is 0 Å². The molecule has 1 atom stereocenters. The van der Waals surface area contributed by atoms with Crippen LogP contribution in [-0.4, -0.2) is 6.54 Å². The molecule has 0 N–H and O–H groups in total. The molecule has 2 fully saturated rings. The van der Waals surface area contributed by atoms with Crippen molar-refractivity contribution in [2.24, 2.45) is 16.5 Å². The molecule has 0 aromatic heterocycles. The normalized spacial score (nSPS) is 32.2. The molecule has 2 saturated carbocycles. The Morgan fingerprint density at radius 3 is 2.62 bits per heavy atom. The van der Waals surface area contributed by atoms with Gasteiger partial charge in [-0.1, -0.05) is 24.4 Å². The SMILES string of the molecule is O=NCC1CCC2(CCCCC2)C1. The van der Waals surface area contributed by atoms with E-state index in [2.05, 4.69) is 5.18 Å². The highest BCUT2D eigenvalue weighted by Crippen LogP contribution is 2.51. The van der Waals surface area contributed by atoms with Crippen LogP contribution in [0.5, 0.6) is 0 Å². The number of nitroso groups, excluding NO2 is 1. The molecule has 0 heterocycles. The molecule has 2 heteroatoms. The van der Waals surface area contributed by atoms with Crippen LogP contribution in [0.25, 0.3) is 0 Å². The quantitative estimate of drug-likeness (QED) is 0.599. The van der Waals surface area contributed by atoms with E-state index in [-0.39, 0.29) is 0 Å². The van der Waals surface area contributed by atoms with E-state index >= 15 is 0 Å². The second kappa shape index (κ2) is 3.77. The molecule has 2 aliphatic rings. The Kier molecular flexibility index (Phi) is 2.66. The van der Waals surface area contributed by atoms with Gasteiger partial charge in [0, 0.05) is 0 Å². The van der Waals surface area contributed by atoms with E-state index in [0.717, 1.165) is 0 Å². The molecule has 0 aromatic rings. The Morgan fingerprint density at radius 2 is 1.92 bits per heavy atom. The summed E-state index contributed by atoms with van der Waals surface area (Å²) in [5, 5.41) is 3.05. The van der Waals surface area contributed by atoms with Crippen LogP contribution in [0, 0.1) is 16.2 Å². The summed E-state index contributed by atoms with van der Waals surface area (Å²) in [6.45, 7) is 0.571. The molecule has 13 heavy (non-hydrogen) atoms. The smallest absolute Gasteiger partial charge is 0.0839 e. The van der Waals surface area contributed by atoms with Gasteiger partial charge in [-0.2, -0.15) is 4.91 Å². The first-order chi connectivity index (χ1) is 6.35. The molecule has 2 rings (SSSR count). The average molecular weight is 181 g/mol. The first-order valence-corrected chi connectivity index (χ1v) is 5.64. The van der Waals surface area contributed by atoms with E-state index in [9.17, 15) is 4.91 Å². The minimum Gasteiger partial charge on any atom is -0.151 e. The monoisotopic (exact) mass is 181 g/mol. The Bertz CT molecular complexity index is 185. The van der Waals surface area contributed by atoms with Crippen LogP contribution in [0.1, 0.15) is 51.4 Å². The lowest BCUT2D eigenvalue weighted by Gasteiger charge is -2.33. The van der Waals surface area contributed by atoms with Gasteiger partial charge in [0.2, 0.25) is 0 Å². The fourth-order valence-electron chi connectivity index (χ4n) is 3.34. The minimum absolute atomic E-state index is 0.571. The maximum atomic E-state index is 10.2. The van der Waals surface area contributed by atoms with Crippen molar-refractivity contribution in [3.8, 4) is 0 Å². The molecule has 2 aliphatic carbocycles. The Balaban J connectivity index is 1.90. The minimum atomic E-state index is 0.571. The standard InChI is InChI=1S/C11H19NO/c13-12-9-10-4-7-11(8-10)5-2-1-3-6-11/h10H,1-9H2. The second-order valence-electron chi connectivity index (χ2n) is 4.98. The largest absolute Gasteiger partial charge is 0.151 e. The molecule has 74 valence electrons. The molecule has 0 aliphatic heterocycles. The van der Waals surface area contributed by atoms with Gasteiger partial charge in [-0.3, -0.25) is 0 Å². The first kappa shape index (κ1) is 9.17. The summed E-state index contributed by atoms with van der Waals surface area (Å²) < 4.78 is 0. The lowest BCUT2D eigenvalue weighted by molar-refractivity contribution is 0.190. The highest BCUT2D eigenvalue weighted by atomic mass is 16.3. The van der Waals surface area contributed by atoms with Gasteiger partial charge in [-0.25, -0.2) is 0 Å². The zero-order valence-corrected chi connectivity index (χ0v) is 8.30. The van der Waals surface area contributed by atoms with E-state index in [4.69, 9.17) is 0 Å². The highest BCUT2D eigenvalue weighted by molar-refractivity contribution is 4.91. The molecule has 0 bridgehead atoms. The summed E-state index contributed by atoms with van der Waals surface area (Å²) in [4.78, 5) is 10.2. The third kappa shape index (κ3) is 1.92. The van der Waals surface area contributed by atoms with E-state index < -0.39 is 0 Å². The predicted molar refractivity (Wildman–Crippen MR) is 53.5 cm³/mol. The van der Waals surface area contributed by atoms with Gasteiger partial charge in [-0.05, 0) is 43.4 Å². The highest BCUT2D eigenvalue weighted by Gasteiger charge is 2.39. The molecule has 0 radical (unpaired) electrons. The van der Waals surface area contributed by atoms with Gasteiger partial charge in [0.25, 0.3) is 0 Å². The summed E-state index contributed by atoms with van der Waals surface area (Å²) in [6.07, 6.45) is 11.0. The molecular weight excluding hydrogens is 162 g/mol. The summed E-state index contributed by atoms with van der Waals surface area (Å²) in [5.41, 5.74) is 0.646. The Hall–Kier alpha value is -0.400. The number of nitrogens with zero attached hydrogens (tertiary/aromatic N) is 1. The van der Waals surface area contributed by atoms with Crippen LogP contribution in [0.4, 0.5) is 0 Å². The molecule has 0 amide bonds. The molecule has 0 aromatic carbocycles. The Labute approximate surface area is 80.1 Å². The number of rotatable bonds is 2. The average Bonchev–Trinajstić information content (AvgIpc) is 2.51. The lowest BCUT2D eigenvalue weighted by atomic mass is 9.72. The summed E-state index contributed by atoms with van der Waals surface area (Å²) in [5.74, 6) is 0.621. The van der Waals surface area contributed by atoms with Crippen LogP contribution in [-0.2, 0) is 0 Å². The lowest BCUT2D eigenvalue weighted by Crippen LogP contribution is -2.20. The van der Waals surface area contributed by atoms with Gasteiger partial charge in [0.15, 0.2) is 0 Å². The zero-order chi connectivity index (χ0) is 9.15. The molecule has 2 nitrogen and oxygen atoms in total. The maximum Gasteiger partial charge on any atom is 0.0839 e. The molecule has 0 saturated heterocycles. The van der Waals surface area contributed by atoms with Crippen LogP contribution >= 0.6 is 0 Å². The molecular formula is C11H19NO. The van der Waals surface area contributed by atoms with Crippen molar-refractivity contribution in [3.63, 3.8) is 0 Å². The van der Waals surface area contributed by atoms with Gasteiger partial charge in [0.05, 0.1) is 6.54 Å². The fourth-order valence-corrected chi connectivity index (χ4v) is 3.34. The number of hydrogen-bond donors (Lipinski definition) is 0. The van der Waals surface area contributed by atoms with E-state index in [1.807, 2.05) is 0 Å². The van der Waals surface area contributed by atoms with Crippen LogP contribution in [0.3, 0.4) is 0 Å². The second-order valence-corrected chi connectivity index (χ2v) is 4.98. The summed E-state index contributed by atoms with van der Waals surface area (Å²) >= 11 is 0. The topological polar surface area (TPSA) is 29.4 Å². The van der Waals surface area contributed by atoms with Crippen molar-refractivity contribution in [2.75, 3.05) is 6.54 Å². The Morgan fingerprint density at radius 1 is 1.15 bits per heavy atom. The van der Waals surface area contributed by atoms with Crippen molar-refractivity contribution in [2.45, 2.75) is 51.4 Å². The van der Waals surface area contributed by atoms with Crippen molar-refractivity contribution in [3.05, 3.63) is 4.91 Å². The first-order valence-electron chi connectivity index (χ1n) is 5.64. The van der Waals surface area contributed by atoms with Crippen molar-refractivity contribution in [1.82, 2.24) is 0 Å². The van der Waals surface area contributed by atoms with Crippen molar-refractivity contribution >= 4 is 0 Å². The molecule has 1 unspecified atom stereocenters. The zero-order valence-electron chi connectivity index (χ0n) is 8.30. The maximum absolute atomic E-state index is 10.2. The van der Waals surface area contributed by atoms with Crippen LogP contribution < -0.4 is 0 Å². The van der Waals surface area contributed by atoms with Crippen LogP contribution in [0.2, 0.25) is 0 Å². The summed E-state index contributed by atoms with van der Waals surface area (Å²) in [6, 6.07) is 0. The fraction of sp³-hybridized carbons (Fsp3) is 1.00. The van der Waals surface area contributed by atoms with Crippen molar-refractivity contribution < 1.29 is 0 Å².